The minimum absolute atomic E-state index is 0.343. The van der Waals surface area contributed by atoms with Crippen LogP contribution in [0, 0.1) is 6.92 Å². The van der Waals surface area contributed by atoms with Crippen LogP contribution in [0.25, 0.3) is 0 Å². The first-order valence-corrected chi connectivity index (χ1v) is 4.78. The molecule has 0 saturated heterocycles. The monoisotopic (exact) mass is 191 g/mol. The lowest BCUT2D eigenvalue weighted by Crippen LogP contribution is -2.08. The van der Waals surface area contributed by atoms with E-state index in [0.717, 1.165) is 11.3 Å². The maximum atomic E-state index is 11.3. The Morgan fingerprint density at radius 2 is 2.21 bits per heavy atom. The van der Waals surface area contributed by atoms with Crippen molar-refractivity contribution in [2.75, 3.05) is 7.11 Å². The van der Waals surface area contributed by atoms with E-state index in [2.05, 4.69) is 9.72 Å². The fourth-order valence-electron chi connectivity index (χ4n) is 1.45. The number of aryl methyl sites for hydroxylation is 1. The standard InChI is InChI=1S/C11H13NO2/c1-7-3-6-9(8-4-5-8)12-10(7)11(13)14-2/h3,6,8H,4-5H2,1-2H3. The average Bonchev–Trinajstić information content (AvgIpc) is 3.01. The van der Waals surface area contributed by atoms with E-state index < -0.39 is 0 Å². The quantitative estimate of drug-likeness (QED) is 0.671. The van der Waals surface area contributed by atoms with Crippen molar-refractivity contribution in [1.29, 1.82) is 0 Å². The Morgan fingerprint density at radius 1 is 1.50 bits per heavy atom. The number of esters is 1. The normalized spacial score (nSPS) is 15.3. The third-order valence-electron chi connectivity index (χ3n) is 2.49. The summed E-state index contributed by atoms with van der Waals surface area (Å²) in [5.74, 6) is 0.226. The first kappa shape index (κ1) is 9.19. The second-order valence-corrected chi connectivity index (χ2v) is 3.67. The molecule has 1 heterocycles. The van der Waals surface area contributed by atoms with Gasteiger partial charge in [0.1, 0.15) is 0 Å². The summed E-state index contributed by atoms with van der Waals surface area (Å²) in [6.45, 7) is 1.87. The molecule has 1 aromatic heterocycles. The van der Waals surface area contributed by atoms with Gasteiger partial charge in [-0.1, -0.05) is 6.07 Å². The summed E-state index contributed by atoms with van der Waals surface area (Å²) in [5, 5.41) is 0. The molecule has 1 saturated carbocycles. The van der Waals surface area contributed by atoms with Gasteiger partial charge in [-0.3, -0.25) is 0 Å². The van der Waals surface area contributed by atoms with E-state index in [1.54, 1.807) is 0 Å². The zero-order chi connectivity index (χ0) is 10.1. The van der Waals surface area contributed by atoms with Crippen molar-refractivity contribution in [3.8, 4) is 0 Å². The molecular formula is C11H13NO2. The zero-order valence-corrected chi connectivity index (χ0v) is 8.41. The molecule has 1 fully saturated rings. The van der Waals surface area contributed by atoms with Crippen LogP contribution in [0.15, 0.2) is 12.1 Å². The zero-order valence-electron chi connectivity index (χ0n) is 8.41. The van der Waals surface area contributed by atoms with Gasteiger partial charge in [0, 0.05) is 11.6 Å². The van der Waals surface area contributed by atoms with Crippen LogP contribution in [0.1, 0.15) is 40.5 Å². The van der Waals surface area contributed by atoms with Gasteiger partial charge in [0.05, 0.1) is 7.11 Å². The Morgan fingerprint density at radius 3 is 2.79 bits per heavy atom. The van der Waals surface area contributed by atoms with Crippen LogP contribution in [0.5, 0.6) is 0 Å². The third kappa shape index (κ3) is 1.62. The smallest absolute Gasteiger partial charge is 0.356 e. The fourth-order valence-corrected chi connectivity index (χ4v) is 1.45. The number of rotatable bonds is 2. The number of aromatic nitrogens is 1. The molecular weight excluding hydrogens is 178 g/mol. The molecule has 0 aliphatic heterocycles. The lowest BCUT2D eigenvalue weighted by Gasteiger charge is -2.04. The molecule has 3 heteroatoms. The van der Waals surface area contributed by atoms with E-state index in [4.69, 9.17) is 0 Å². The minimum atomic E-state index is -0.343. The number of carbonyl (C=O) groups excluding carboxylic acids is 1. The molecule has 1 aliphatic rings. The van der Waals surface area contributed by atoms with E-state index >= 15 is 0 Å². The van der Waals surface area contributed by atoms with Gasteiger partial charge < -0.3 is 4.74 Å². The number of hydrogen-bond acceptors (Lipinski definition) is 3. The van der Waals surface area contributed by atoms with Gasteiger partial charge in [0.2, 0.25) is 0 Å². The molecule has 0 spiro atoms. The van der Waals surface area contributed by atoms with Crippen LogP contribution < -0.4 is 0 Å². The number of nitrogens with zero attached hydrogens (tertiary/aromatic N) is 1. The second kappa shape index (κ2) is 3.40. The molecule has 3 nitrogen and oxygen atoms in total. The maximum absolute atomic E-state index is 11.3. The Kier molecular flexibility index (Phi) is 2.23. The number of methoxy groups -OCH3 is 1. The molecule has 0 bridgehead atoms. The summed E-state index contributed by atoms with van der Waals surface area (Å²) in [6.07, 6.45) is 2.38. The molecule has 0 atom stereocenters. The Bertz CT molecular complexity index is 370. The highest BCUT2D eigenvalue weighted by Gasteiger charge is 2.26. The van der Waals surface area contributed by atoms with E-state index in [1.165, 1.54) is 20.0 Å². The number of pyridine rings is 1. The van der Waals surface area contributed by atoms with Gasteiger partial charge in [-0.2, -0.15) is 0 Å². The Hall–Kier alpha value is -1.38. The number of hydrogen-bond donors (Lipinski definition) is 0. The molecule has 0 radical (unpaired) electrons. The first-order chi connectivity index (χ1) is 6.72. The minimum Gasteiger partial charge on any atom is -0.464 e. The van der Waals surface area contributed by atoms with E-state index in [-0.39, 0.29) is 5.97 Å². The Labute approximate surface area is 83.1 Å². The van der Waals surface area contributed by atoms with Crippen molar-refractivity contribution in [3.63, 3.8) is 0 Å². The molecule has 0 aromatic carbocycles. The highest BCUT2D eigenvalue weighted by atomic mass is 16.5. The molecule has 0 amide bonds. The third-order valence-corrected chi connectivity index (χ3v) is 2.49. The summed E-state index contributed by atoms with van der Waals surface area (Å²) in [6, 6.07) is 3.94. The van der Waals surface area contributed by atoms with Crippen molar-refractivity contribution in [3.05, 3.63) is 29.1 Å². The summed E-state index contributed by atoms with van der Waals surface area (Å²) in [4.78, 5) is 15.7. The van der Waals surface area contributed by atoms with Gasteiger partial charge >= 0.3 is 5.97 Å². The summed E-state index contributed by atoms with van der Waals surface area (Å²) in [5.41, 5.74) is 2.36. The van der Waals surface area contributed by atoms with Gasteiger partial charge in [0.15, 0.2) is 5.69 Å². The highest BCUT2D eigenvalue weighted by molar-refractivity contribution is 5.88. The summed E-state index contributed by atoms with van der Waals surface area (Å²) >= 11 is 0. The van der Waals surface area contributed by atoms with Crippen molar-refractivity contribution >= 4 is 5.97 Å². The summed E-state index contributed by atoms with van der Waals surface area (Å²) < 4.78 is 4.67. The average molecular weight is 191 g/mol. The van der Waals surface area contributed by atoms with E-state index in [0.29, 0.717) is 11.6 Å². The number of carbonyl (C=O) groups is 1. The Balaban J connectivity index is 2.36. The molecule has 0 N–H and O–H groups in total. The van der Waals surface area contributed by atoms with Crippen LogP contribution in [0.2, 0.25) is 0 Å². The molecule has 0 unspecified atom stereocenters. The van der Waals surface area contributed by atoms with Crippen LogP contribution in [-0.4, -0.2) is 18.1 Å². The molecule has 14 heavy (non-hydrogen) atoms. The van der Waals surface area contributed by atoms with Crippen LogP contribution >= 0.6 is 0 Å². The summed E-state index contributed by atoms with van der Waals surface area (Å²) in [7, 11) is 1.38. The molecule has 1 aliphatic carbocycles. The van der Waals surface area contributed by atoms with Crippen LogP contribution in [0.3, 0.4) is 0 Å². The van der Waals surface area contributed by atoms with Crippen molar-refractivity contribution in [2.24, 2.45) is 0 Å². The van der Waals surface area contributed by atoms with E-state index in [9.17, 15) is 4.79 Å². The number of ether oxygens (including phenoxy) is 1. The molecule has 2 rings (SSSR count). The largest absolute Gasteiger partial charge is 0.464 e. The topological polar surface area (TPSA) is 39.2 Å². The lowest BCUT2D eigenvalue weighted by atomic mass is 10.1. The van der Waals surface area contributed by atoms with Gasteiger partial charge in [-0.25, -0.2) is 9.78 Å². The van der Waals surface area contributed by atoms with Crippen molar-refractivity contribution in [1.82, 2.24) is 4.98 Å². The van der Waals surface area contributed by atoms with E-state index in [1.807, 2.05) is 19.1 Å². The fraction of sp³-hybridized carbons (Fsp3) is 0.455. The van der Waals surface area contributed by atoms with Crippen molar-refractivity contribution < 1.29 is 9.53 Å². The molecule has 1 aromatic rings. The highest BCUT2D eigenvalue weighted by Crippen LogP contribution is 2.39. The first-order valence-electron chi connectivity index (χ1n) is 4.78. The molecule has 74 valence electrons. The predicted molar refractivity (Wildman–Crippen MR) is 52.3 cm³/mol. The van der Waals surface area contributed by atoms with Gasteiger partial charge in [-0.05, 0) is 31.4 Å². The van der Waals surface area contributed by atoms with Crippen LogP contribution in [-0.2, 0) is 4.74 Å². The maximum Gasteiger partial charge on any atom is 0.356 e. The van der Waals surface area contributed by atoms with Gasteiger partial charge in [-0.15, -0.1) is 0 Å². The van der Waals surface area contributed by atoms with Gasteiger partial charge in [0.25, 0.3) is 0 Å². The van der Waals surface area contributed by atoms with Crippen molar-refractivity contribution in [2.45, 2.75) is 25.7 Å². The lowest BCUT2D eigenvalue weighted by molar-refractivity contribution is 0.0593. The van der Waals surface area contributed by atoms with Crippen LogP contribution in [0.4, 0.5) is 0 Å². The second-order valence-electron chi connectivity index (χ2n) is 3.67. The SMILES string of the molecule is COC(=O)c1nc(C2CC2)ccc1C. The predicted octanol–water partition coefficient (Wildman–Crippen LogP) is 2.05.